The molecule has 0 fully saturated rings. The van der Waals surface area contributed by atoms with E-state index in [4.69, 9.17) is 5.73 Å². The number of aromatic nitrogens is 3. The summed E-state index contributed by atoms with van der Waals surface area (Å²) in [6, 6.07) is 1.48. The number of hydrogen-bond acceptors (Lipinski definition) is 4. The van der Waals surface area contributed by atoms with Crippen molar-refractivity contribution in [2.45, 2.75) is 6.92 Å². The van der Waals surface area contributed by atoms with Crippen molar-refractivity contribution in [3.8, 4) is 0 Å². The first-order valence-electron chi connectivity index (χ1n) is 3.79. The molecule has 0 aliphatic rings. The van der Waals surface area contributed by atoms with Gasteiger partial charge in [0, 0.05) is 6.07 Å². The lowest BCUT2D eigenvalue weighted by Gasteiger charge is -1.99. The van der Waals surface area contributed by atoms with Gasteiger partial charge in [-0.15, -0.1) is 0 Å². The minimum Gasteiger partial charge on any atom is -0.382 e. The molecule has 0 aliphatic heterocycles. The van der Waals surface area contributed by atoms with Gasteiger partial charge < -0.3 is 10.7 Å². The van der Waals surface area contributed by atoms with Crippen LogP contribution in [0.5, 0.6) is 0 Å². The Balaban J connectivity index is 2.94. The zero-order valence-electron chi connectivity index (χ0n) is 7.03. The fraction of sp³-hybridized carbons (Fsp3) is 0.125. The van der Waals surface area contributed by atoms with Gasteiger partial charge in [-0.05, 0) is 12.5 Å². The van der Waals surface area contributed by atoms with Crippen LogP contribution in [0.2, 0.25) is 0 Å². The fourth-order valence-electron chi connectivity index (χ4n) is 1.20. The molecule has 0 saturated carbocycles. The van der Waals surface area contributed by atoms with Gasteiger partial charge >= 0.3 is 0 Å². The summed E-state index contributed by atoms with van der Waals surface area (Å²) in [7, 11) is 0. The molecular weight excluding hydrogens is 168 g/mol. The Hall–Kier alpha value is -1.91. The molecule has 0 saturated heterocycles. The molecular formula is C8H8N4O. The topological polar surface area (TPSA) is 84.7 Å². The lowest BCUT2D eigenvalue weighted by Crippen LogP contribution is -2.07. The molecule has 2 aromatic heterocycles. The normalized spacial score (nSPS) is 10.5. The molecule has 0 amide bonds. The van der Waals surface area contributed by atoms with Crippen molar-refractivity contribution in [1.82, 2.24) is 15.0 Å². The van der Waals surface area contributed by atoms with E-state index < -0.39 is 0 Å². The lowest BCUT2D eigenvalue weighted by atomic mass is 10.2. The molecule has 0 unspecified atom stereocenters. The summed E-state index contributed by atoms with van der Waals surface area (Å²) in [6.07, 6.45) is 1.47. The molecule has 2 heterocycles. The molecule has 2 rings (SSSR count). The third-order valence-corrected chi connectivity index (χ3v) is 1.75. The van der Waals surface area contributed by atoms with Crippen molar-refractivity contribution in [1.29, 1.82) is 0 Å². The lowest BCUT2D eigenvalue weighted by molar-refractivity contribution is 1.17. The van der Waals surface area contributed by atoms with E-state index in [1.165, 1.54) is 12.3 Å². The molecule has 5 nitrogen and oxygen atoms in total. The van der Waals surface area contributed by atoms with E-state index >= 15 is 0 Å². The number of rotatable bonds is 0. The number of nitrogens with one attached hydrogen (secondary N) is 1. The van der Waals surface area contributed by atoms with E-state index in [9.17, 15) is 4.79 Å². The summed E-state index contributed by atoms with van der Waals surface area (Å²) in [4.78, 5) is 21.6. The maximum absolute atomic E-state index is 11.1. The Morgan fingerprint density at radius 2 is 2.31 bits per heavy atom. The molecule has 0 atom stereocenters. The molecule has 0 radical (unpaired) electrons. The van der Waals surface area contributed by atoms with Gasteiger partial charge in [0.05, 0.1) is 6.20 Å². The first-order chi connectivity index (χ1) is 6.16. The zero-order valence-corrected chi connectivity index (χ0v) is 7.03. The summed E-state index contributed by atoms with van der Waals surface area (Å²) < 4.78 is 0. The van der Waals surface area contributed by atoms with Gasteiger partial charge in [0.2, 0.25) is 5.56 Å². The van der Waals surface area contributed by atoms with E-state index in [0.29, 0.717) is 17.0 Å². The number of aryl methyl sites for hydroxylation is 1. The first-order valence-corrected chi connectivity index (χ1v) is 3.79. The minimum atomic E-state index is -0.190. The highest BCUT2D eigenvalue weighted by atomic mass is 16.1. The number of nitrogens with two attached hydrogens (primary N) is 1. The molecule has 5 heteroatoms. The van der Waals surface area contributed by atoms with Crippen LogP contribution < -0.4 is 11.3 Å². The van der Waals surface area contributed by atoms with Crippen LogP contribution >= 0.6 is 0 Å². The largest absolute Gasteiger partial charge is 0.382 e. The summed E-state index contributed by atoms with van der Waals surface area (Å²) in [5, 5.41) is 0. The van der Waals surface area contributed by atoms with E-state index in [2.05, 4.69) is 15.0 Å². The number of nitrogens with zero attached hydrogens (tertiary/aromatic N) is 2. The van der Waals surface area contributed by atoms with Crippen molar-refractivity contribution in [3.05, 3.63) is 28.2 Å². The molecule has 2 aromatic rings. The average molecular weight is 176 g/mol. The van der Waals surface area contributed by atoms with Crippen LogP contribution in [-0.2, 0) is 0 Å². The zero-order chi connectivity index (χ0) is 9.42. The maximum atomic E-state index is 11.1. The highest BCUT2D eigenvalue weighted by Gasteiger charge is 2.01. The number of anilines is 1. The van der Waals surface area contributed by atoms with Gasteiger partial charge in [0.15, 0.2) is 5.65 Å². The average Bonchev–Trinajstić information content (AvgIpc) is 2.02. The van der Waals surface area contributed by atoms with Crippen molar-refractivity contribution in [2.24, 2.45) is 0 Å². The summed E-state index contributed by atoms with van der Waals surface area (Å²) in [5.41, 5.74) is 7.15. The van der Waals surface area contributed by atoms with Gasteiger partial charge in [-0.1, -0.05) is 0 Å². The number of H-pyrrole nitrogens is 1. The van der Waals surface area contributed by atoms with Gasteiger partial charge in [-0.3, -0.25) is 4.79 Å². The Morgan fingerprint density at radius 1 is 1.54 bits per heavy atom. The fourth-order valence-corrected chi connectivity index (χ4v) is 1.20. The molecule has 66 valence electrons. The number of hydrogen-bond donors (Lipinski definition) is 2. The quantitative estimate of drug-likeness (QED) is 0.600. The molecule has 13 heavy (non-hydrogen) atoms. The Bertz CT molecular complexity index is 517. The molecule has 0 bridgehead atoms. The van der Waals surface area contributed by atoms with Crippen LogP contribution in [0.4, 0.5) is 5.82 Å². The summed E-state index contributed by atoms with van der Waals surface area (Å²) >= 11 is 0. The van der Waals surface area contributed by atoms with Gasteiger partial charge in [0.25, 0.3) is 0 Å². The van der Waals surface area contributed by atoms with Gasteiger partial charge in [0.1, 0.15) is 11.3 Å². The van der Waals surface area contributed by atoms with E-state index in [0.717, 1.165) is 5.56 Å². The first kappa shape index (κ1) is 7.72. The van der Waals surface area contributed by atoms with Crippen LogP contribution in [0.25, 0.3) is 11.2 Å². The van der Waals surface area contributed by atoms with Gasteiger partial charge in [-0.25, -0.2) is 9.97 Å². The van der Waals surface area contributed by atoms with Crippen LogP contribution in [0.3, 0.4) is 0 Å². The van der Waals surface area contributed by atoms with Crippen molar-refractivity contribution in [2.75, 3.05) is 5.73 Å². The molecule has 0 aromatic carbocycles. The Morgan fingerprint density at radius 3 is 3.08 bits per heavy atom. The van der Waals surface area contributed by atoms with Gasteiger partial charge in [-0.2, -0.15) is 0 Å². The van der Waals surface area contributed by atoms with Crippen LogP contribution in [0, 0.1) is 6.92 Å². The van der Waals surface area contributed by atoms with Crippen molar-refractivity contribution >= 4 is 17.0 Å². The van der Waals surface area contributed by atoms with Crippen LogP contribution in [-0.4, -0.2) is 15.0 Å². The molecule has 0 spiro atoms. The van der Waals surface area contributed by atoms with Crippen LogP contribution in [0.1, 0.15) is 5.56 Å². The standard InChI is InChI=1S/C8H8N4O/c1-4-2-6(13)12-8-7(4)10-3-5(9)11-8/h2-3H,1H3,(H3,9,11,12,13). The SMILES string of the molecule is Cc1cc(=O)[nH]c2nc(N)cnc12. The maximum Gasteiger partial charge on any atom is 0.249 e. The molecule has 3 N–H and O–H groups in total. The third-order valence-electron chi connectivity index (χ3n) is 1.75. The monoisotopic (exact) mass is 176 g/mol. The number of aromatic amines is 1. The Labute approximate surface area is 73.6 Å². The number of fused-ring (bicyclic) bond motifs is 1. The number of nitrogen functional groups attached to an aromatic ring is 1. The second-order valence-electron chi connectivity index (χ2n) is 2.81. The van der Waals surface area contributed by atoms with Crippen molar-refractivity contribution < 1.29 is 0 Å². The van der Waals surface area contributed by atoms with E-state index in [1.54, 1.807) is 0 Å². The Kier molecular flexibility index (Phi) is 1.51. The highest BCUT2D eigenvalue weighted by Crippen LogP contribution is 2.09. The third kappa shape index (κ3) is 1.24. The van der Waals surface area contributed by atoms with E-state index in [-0.39, 0.29) is 5.56 Å². The summed E-state index contributed by atoms with van der Waals surface area (Å²) in [6.45, 7) is 1.81. The highest BCUT2D eigenvalue weighted by molar-refractivity contribution is 5.74. The predicted octanol–water partition coefficient (Wildman–Crippen LogP) is 0.209. The van der Waals surface area contributed by atoms with Crippen molar-refractivity contribution in [3.63, 3.8) is 0 Å². The summed E-state index contributed by atoms with van der Waals surface area (Å²) in [5.74, 6) is 0.300. The number of pyridine rings is 1. The second kappa shape index (κ2) is 2.55. The van der Waals surface area contributed by atoms with Crippen LogP contribution in [0.15, 0.2) is 17.1 Å². The van der Waals surface area contributed by atoms with E-state index in [1.807, 2.05) is 6.92 Å². The molecule has 0 aliphatic carbocycles. The second-order valence-corrected chi connectivity index (χ2v) is 2.81. The predicted molar refractivity (Wildman–Crippen MR) is 49.3 cm³/mol. The smallest absolute Gasteiger partial charge is 0.249 e. The minimum absolute atomic E-state index is 0.190.